The van der Waals surface area contributed by atoms with Gasteiger partial charge in [0.15, 0.2) is 0 Å². The molecule has 0 heterocycles. The first kappa shape index (κ1) is 14.8. The maximum Gasteiger partial charge on any atom is 0.344 e. The van der Waals surface area contributed by atoms with Crippen molar-refractivity contribution in [2.75, 3.05) is 14.2 Å². The molecule has 0 saturated heterocycles. The van der Waals surface area contributed by atoms with Crippen LogP contribution in [0.2, 0.25) is 0 Å². The molecule has 0 aliphatic rings. The van der Waals surface area contributed by atoms with Crippen LogP contribution in [-0.4, -0.2) is 32.4 Å². The molecular weight excluding hydrogens is 252 g/mol. The Kier molecular flexibility index (Phi) is 5.17. The molecule has 0 aromatic heterocycles. The topological polar surface area (TPSA) is 71.1 Å². The molecular formula is C13H16O6. The molecule has 19 heavy (non-hydrogen) atoms. The lowest BCUT2D eigenvalue weighted by molar-refractivity contribution is -0.162. The Bertz CT molecular complexity index is 468. The number of benzene rings is 1. The lowest BCUT2D eigenvalue weighted by Crippen LogP contribution is -2.20. The maximum absolute atomic E-state index is 11.9. The monoisotopic (exact) mass is 268 g/mol. The second-order valence-electron chi connectivity index (χ2n) is 3.65. The molecule has 1 unspecified atom stereocenters. The number of carbonyl (C=O) groups excluding carboxylic acids is 2. The number of carbonyl (C=O) groups is 2. The van der Waals surface area contributed by atoms with E-state index in [-0.39, 0.29) is 5.56 Å². The highest BCUT2D eigenvalue weighted by Crippen LogP contribution is 2.25. The number of hydrogen-bond donors (Lipinski definition) is 0. The maximum atomic E-state index is 11.9. The van der Waals surface area contributed by atoms with Gasteiger partial charge < -0.3 is 18.9 Å². The van der Waals surface area contributed by atoms with E-state index in [1.54, 1.807) is 12.1 Å². The zero-order valence-electron chi connectivity index (χ0n) is 11.3. The first-order valence-corrected chi connectivity index (χ1v) is 5.58. The Morgan fingerprint density at radius 3 is 2.32 bits per heavy atom. The summed E-state index contributed by atoms with van der Waals surface area (Å²) in [6.45, 7) is 2.69. The number of rotatable bonds is 5. The van der Waals surface area contributed by atoms with Gasteiger partial charge in [0.05, 0.1) is 14.2 Å². The Labute approximate surface area is 111 Å². The van der Waals surface area contributed by atoms with Gasteiger partial charge in [-0.25, -0.2) is 4.79 Å². The third kappa shape index (κ3) is 4.17. The minimum atomic E-state index is -0.961. The van der Waals surface area contributed by atoms with Gasteiger partial charge in [-0.2, -0.15) is 0 Å². The highest BCUT2D eigenvalue weighted by molar-refractivity contribution is 5.92. The van der Waals surface area contributed by atoms with Gasteiger partial charge in [0.25, 0.3) is 0 Å². The summed E-state index contributed by atoms with van der Waals surface area (Å²) in [4.78, 5) is 22.6. The van der Waals surface area contributed by atoms with Gasteiger partial charge in [-0.15, -0.1) is 0 Å². The molecule has 0 amide bonds. The second-order valence-corrected chi connectivity index (χ2v) is 3.65. The molecule has 104 valence electrons. The predicted molar refractivity (Wildman–Crippen MR) is 66.2 cm³/mol. The molecule has 0 N–H and O–H groups in total. The molecule has 0 radical (unpaired) electrons. The van der Waals surface area contributed by atoms with E-state index >= 15 is 0 Å². The van der Waals surface area contributed by atoms with E-state index in [4.69, 9.17) is 18.9 Å². The molecule has 0 fully saturated rings. The first-order valence-electron chi connectivity index (χ1n) is 5.58. The molecule has 1 aromatic carbocycles. The van der Waals surface area contributed by atoms with Crippen LogP contribution in [-0.2, 0) is 14.3 Å². The predicted octanol–water partition coefficient (Wildman–Crippen LogP) is 1.77. The molecule has 0 aliphatic heterocycles. The van der Waals surface area contributed by atoms with Crippen LogP contribution >= 0.6 is 0 Å². The molecule has 0 aliphatic carbocycles. The quantitative estimate of drug-likeness (QED) is 0.598. The van der Waals surface area contributed by atoms with E-state index in [1.807, 2.05) is 0 Å². The van der Waals surface area contributed by atoms with Gasteiger partial charge in [-0.05, 0) is 12.1 Å². The van der Waals surface area contributed by atoms with Gasteiger partial charge in [-0.1, -0.05) is 0 Å². The van der Waals surface area contributed by atoms with Crippen molar-refractivity contribution in [2.24, 2.45) is 0 Å². The summed E-state index contributed by atoms with van der Waals surface area (Å²) in [5.74, 6) is -0.295. The van der Waals surface area contributed by atoms with Crippen molar-refractivity contribution in [1.82, 2.24) is 0 Å². The highest BCUT2D eigenvalue weighted by Gasteiger charge is 2.18. The summed E-state index contributed by atoms with van der Waals surface area (Å²) < 4.78 is 19.8. The Morgan fingerprint density at radius 2 is 1.79 bits per heavy atom. The molecule has 1 rings (SSSR count). The van der Waals surface area contributed by atoms with E-state index < -0.39 is 18.2 Å². The van der Waals surface area contributed by atoms with Crippen LogP contribution in [0.4, 0.5) is 0 Å². The molecule has 6 nitrogen and oxygen atoms in total. The number of ether oxygens (including phenoxy) is 4. The lowest BCUT2D eigenvalue weighted by atomic mass is 10.2. The first-order chi connectivity index (χ1) is 8.97. The Morgan fingerprint density at radius 1 is 1.11 bits per heavy atom. The van der Waals surface area contributed by atoms with Crippen LogP contribution in [0.3, 0.4) is 0 Å². The normalized spacial score (nSPS) is 11.4. The molecule has 1 aromatic rings. The fourth-order valence-corrected chi connectivity index (χ4v) is 1.44. The van der Waals surface area contributed by atoms with Crippen molar-refractivity contribution in [2.45, 2.75) is 20.1 Å². The van der Waals surface area contributed by atoms with Crippen LogP contribution in [0, 0.1) is 0 Å². The molecule has 0 saturated carbocycles. The minimum absolute atomic E-state index is 0.224. The van der Waals surface area contributed by atoms with Crippen molar-refractivity contribution in [3.63, 3.8) is 0 Å². The van der Waals surface area contributed by atoms with Crippen molar-refractivity contribution in [3.05, 3.63) is 23.8 Å². The summed E-state index contributed by atoms with van der Waals surface area (Å²) in [7, 11) is 2.94. The minimum Gasteiger partial charge on any atom is -0.497 e. The average molecular weight is 268 g/mol. The summed E-state index contributed by atoms with van der Waals surface area (Å²) >= 11 is 0. The fourth-order valence-electron chi connectivity index (χ4n) is 1.44. The zero-order valence-corrected chi connectivity index (χ0v) is 11.3. The van der Waals surface area contributed by atoms with Crippen LogP contribution in [0.25, 0.3) is 0 Å². The van der Waals surface area contributed by atoms with E-state index in [1.165, 1.54) is 34.1 Å². The van der Waals surface area contributed by atoms with Crippen LogP contribution in [0.15, 0.2) is 18.2 Å². The fraction of sp³-hybridized carbons (Fsp3) is 0.385. The van der Waals surface area contributed by atoms with Gasteiger partial charge in [0.2, 0.25) is 6.29 Å². The third-order valence-electron chi connectivity index (χ3n) is 2.23. The lowest BCUT2D eigenvalue weighted by Gasteiger charge is -2.14. The van der Waals surface area contributed by atoms with Crippen molar-refractivity contribution in [3.8, 4) is 11.5 Å². The van der Waals surface area contributed by atoms with E-state index in [0.717, 1.165) is 0 Å². The Hall–Kier alpha value is -2.24. The molecule has 1 atom stereocenters. The molecule has 0 spiro atoms. The highest BCUT2D eigenvalue weighted by atomic mass is 16.7. The second kappa shape index (κ2) is 6.63. The van der Waals surface area contributed by atoms with Gasteiger partial charge >= 0.3 is 11.9 Å². The van der Waals surface area contributed by atoms with E-state index in [9.17, 15) is 9.59 Å². The van der Waals surface area contributed by atoms with Gasteiger partial charge in [-0.3, -0.25) is 4.79 Å². The number of hydrogen-bond acceptors (Lipinski definition) is 6. The summed E-state index contributed by atoms with van der Waals surface area (Å²) in [5, 5.41) is 0. The van der Waals surface area contributed by atoms with Gasteiger partial charge in [0.1, 0.15) is 17.1 Å². The number of methoxy groups -OCH3 is 2. The van der Waals surface area contributed by atoms with Gasteiger partial charge in [0, 0.05) is 19.9 Å². The van der Waals surface area contributed by atoms with Crippen molar-refractivity contribution in [1.29, 1.82) is 0 Å². The van der Waals surface area contributed by atoms with Crippen molar-refractivity contribution >= 4 is 11.9 Å². The van der Waals surface area contributed by atoms with E-state index in [0.29, 0.717) is 11.5 Å². The molecule has 0 bridgehead atoms. The van der Waals surface area contributed by atoms with Crippen LogP contribution in [0.1, 0.15) is 24.2 Å². The molecule has 6 heteroatoms. The van der Waals surface area contributed by atoms with Crippen LogP contribution < -0.4 is 9.47 Å². The Balaban J connectivity index is 2.84. The zero-order chi connectivity index (χ0) is 14.4. The van der Waals surface area contributed by atoms with Crippen molar-refractivity contribution < 1.29 is 28.5 Å². The number of esters is 2. The largest absolute Gasteiger partial charge is 0.497 e. The average Bonchev–Trinajstić information content (AvgIpc) is 2.36. The summed E-state index contributed by atoms with van der Waals surface area (Å²) in [5.41, 5.74) is 0.224. The smallest absolute Gasteiger partial charge is 0.344 e. The summed E-state index contributed by atoms with van der Waals surface area (Å²) in [6, 6.07) is 4.68. The summed E-state index contributed by atoms with van der Waals surface area (Å²) in [6.07, 6.45) is -0.961. The third-order valence-corrected chi connectivity index (χ3v) is 2.23. The van der Waals surface area contributed by atoms with E-state index in [2.05, 4.69) is 0 Å². The standard InChI is InChI=1S/C13H16O6/c1-8(14)18-9(2)19-13(15)11-6-5-10(16-3)7-12(11)17-4/h5-7,9H,1-4H3. The van der Waals surface area contributed by atoms with Crippen LogP contribution in [0.5, 0.6) is 11.5 Å². The SMILES string of the molecule is COc1ccc(C(=O)OC(C)OC(C)=O)c(OC)c1.